The predicted octanol–water partition coefficient (Wildman–Crippen LogP) is 9.80. The lowest BCUT2D eigenvalue weighted by Crippen LogP contribution is -2.49. The number of fused-ring (bicyclic) bond motifs is 4. The number of halogens is 4. The van der Waals surface area contributed by atoms with Crippen molar-refractivity contribution < 1.29 is 109 Å². The normalized spacial score (nSPS) is 17.5. The van der Waals surface area contributed by atoms with Crippen LogP contribution in [0, 0.1) is 23.3 Å². The van der Waals surface area contributed by atoms with E-state index in [1.807, 2.05) is 71.6 Å². The Bertz CT molecular complexity index is 6390. The third-order valence-corrected chi connectivity index (χ3v) is 26.3. The number of anilines is 8. The molecule has 2 atom stereocenters. The molecule has 12 N–H and O–H groups in total. The average molecular weight is 2000 g/mol. The Morgan fingerprint density at radius 2 is 0.828 bits per heavy atom. The van der Waals surface area contributed by atoms with Gasteiger partial charge in [-0.05, 0) is 195 Å². The summed E-state index contributed by atoms with van der Waals surface area (Å²) < 4.78 is 88.3. The number of benzene rings is 8. The highest BCUT2D eigenvalue weighted by Gasteiger charge is 2.47. The van der Waals surface area contributed by atoms with Crippen LogP contribution in [0.25, 0.3) is 21.8 Å². The summed E-state index contributed by atoms with van der Waals surface area (Å²) in [6.07, 6.45) is 4.07. The Kier molecular flexibility index (Phi) is 35.2. The lowest BCUT2D eigenvalue weighted by atomic mass is 9.92. The van der Waals surface area contributed by atoms with Gasteiger partial charge in [-0.3, -0.25) is 87.3 Å². The Labute approximate surface area is 831 Å². The third kappa shape index (κ3) is 27.2. The number of hydrogen-bond acceptors (Lipinski definition) is 29. The average Bonchev–Trinajstić information content (AvgIpc) is 1.61. The second kappa shape index (κ2) is 49.3. The summed E-state index contributed by atoms with van der Waals surface area (Å²) in [5, 5.41) is 47.4. The van der Waals surface area contributed by atoms with E-state index in [-0.39, 0.29) is 121 Å². The number of aromatic nitrogens is 4. The summed E-state index contributed by atoms with van der Waals surface area (Å²) >= 11 is 0. The van der Waals surface area contributed by atoms with Crippen molar-refractivity contribution in [1.82, 2.24) is 45.3 Å². The van der Waals surface area contributed by atoms with Gasteiger partial charge in [0.2, 0.25) is 5.91 Å². The minimum atomic E-state index is -0.911. The minimum absolute atomic E-state index is 0.0240. The van der Waals surface area contributed by atoms with Crippen LogP contribution < -0.4 is 52.8 Å². The van der Waals surface area contributed by atoms with Gasteiger partial charge in [0.05, 0.1) is 135 Å². The molecule has 2 saturated carbocycles. The SMILES string of the molecule is NCCOCCOCCNc1ccc2c(c1)C(=O)N(C1CCC(=O)CC1=O)C2=O.O=C(O)CN1CCN(c2ccc(C(=O)Nc3n[nH]c4ccc(Cc5cc(F)cc(F)c5)cc34)c(NC3CCOCC3)c2)CC1.O=C1CCC(N2C(=O)c3ccc(NCCOCCOCCNC(=O)CN4CCN(c5ccc(C(=O)Nc6n[nH]c7ccc(Cc8cc(F)cc(F)c8)cc67)c(NC6CCOCC6)c5)CC4)cc3C2=O)C(=O)C1. The molecule has 0 bridgehead atoms. The fraction of sp³-hybridized carbons (Fsp3) is 0.404. The van der Waals surface area contributed by atoms with E-state index in [1.54, 1.807) is 42.5 Å². The maximum absolute atomic E-state index is 14.0. The summed E-state index contributed by atoms with van der Waals surface area (Å²) in [4.78, 5) is 161. The molecule has 764 valence electrons. The molecule has 0 spiro atoms. The van der Waals surface area contributed by atoms with Crippen LogP contribution in [-0.2, 0) is 70.0 Å². The van der Waals surface area contributed by atoms with E-state index in [1.165, 1.54) is 24.3 Å². The van der Waals surface area contributed by atoms with Crippen LogP contribution in [0.3, 0.4) is 0 Å². The number of amides is 7. The van der Waals surface area contributed by atoms with Crippen LogP contribution in [0.1, 0.15) is 149 Å². The van der Waals surface area contributed by atoms with Crippen molar-refractivity contribution in [3.05, 3.63) is 224 Å². The van der Waals surface area contributed by atoms with Crippen LogP contribution >= 0.6 is 0 Å². The van der Waals surface area contributed by atoms with Gasteiger partial charge in [-0.2, -0.15) is 10.2 Å². The molecule has 4 saturated heterocycles. The van der Waals surface area contributed by atoms with Gasteiger partial charge in [0.1, 0.15) is 34.8 Å². The first-order chi connectivity index (χ1) is 70.3. The lowest BCUT2D eigenvalue weighted by molar-refractivity contribution is -0.138. The maximum atomic E-state index is 14.0. The molecule has 8 aromatic carbocycles. The summed E-state index contributed by atoms with van der Waals surface area (Å²) in [6.45, 7) is 13.2. The van der Waals surface area contributed by atoms with Crippen molar-refractivity contribution in [3.8, 4) is 0 Å². The summed E-state index contributed by atoms with van der Waals surface area (Å²) in [5.74, 6) is -6.59. The molecule has 7 amide bonds. The van der Waals surface area contributed by atoms with Crippen LogP contribution in [0.4, 0.5) is 63.3 Å². The van der Waals surface area contributed by atoms with Gasteiger partial charge in [0, 0.05) is 187 Å². The van der Waals surface area contributed by atoms with Crippen LogP contribution in [0.15, 0.2) is 146 Å². The molecule has 2 aromatic heterocycles. The number of Topliss-reactive ketones (excluding diaryl/α,β-unsaturated/α-hetero) is 4. The largest absolute Gasteiger partial charge is 0.480 e. The van der Waals surface area contributed by atoms with E-state index < -0.39 is 70.7 Å². The monoisotopic (exact) mass is 2000 g/mol. The number of hydrogen-bond donors (Lipinski definition) is 11. The smallest absolute Gasteiger partial charge is 0.317 e. The number of rotatable bonds is 39. The fourth-order valence-electron chi connectivity index (χ4n) is 18.9. The molecule has 37 nitrogen and oxygen atoms in total. The Balaban J connectivity index is 0.000000174. The zero-order chi connectivity index (χ0) is 102. The Morgan fingerprint density at radius 3 is 1.23 bits per heavy atom. The molecular formula is C104H116F4N18O19. The Hall–Kier alpha value is -14.3. The number of piperazine rings is 2. The molecule has 6 fully saturated rings. The first-order valence-corrected chi connectivity index (χ1v) is 48.8. The first kappa shape index (κ1) is 104. The van der Waals surface area contributed by atoms with Gasteiger partial charge in [-0.15, -0.1) is 0 Å². The van der Waals surface area contributed by atoms with E-state index in [4.69, 9.17) is 39.3 Å². The van der Waals surface area contributed by atoms with Crippen molar-refractivity contribution in [1.29, 1.82) is 0 Å². The molecule has 6 aliphatic heterocycles. The second-order valence-corrected chi connectivity index (χ2v) is 36.6. The van der Waals surface area contributed by atoms with Crippen molar-refractivity contribution >= 4 is 138 Å². The number of nitrogens with zero attached hydrogens (tertiary/aromatic N) is 8. The minimum Gasteiger partial charge on any atom is -0.480 e. The molecule has 145 heavy (non-hydrogen) atoms. The highest BCUT2D eigenvalue weighted by atomic mass is 19.1. The van der Waals surface area contributed by atoms with Gasteiger partial charge < -0.3 is 86.3 Å². The van der Waals surface area contributed by atoms with Gasteiger partial charge in [-0.1, -0.05) is 12.1 Å². The summed E-state index contributed by atoms with van der Waals surface area (Å²) in [6, 6.07) is 37.6. The zero-order valence-corrected chi connectivity index (χ0v) is 80.0. The predicted molar refractivity (Wildman–Crippen MR) is 531 cm³/mol. The van der Waals surface area contributed by atoms with E-state index in [2.05, 4.69) is 72.3 Å². The number of nitrogens with two attached hydrogens (primary N) is 1. The number of carboxylic acids is 1. The molecule has 10 aromatic rings. The maximum Gasteiger partial charge on any atom is 0.317 e. The van der Waals surface area contributed by atoms with E-state index in [9.17, 15) is 75.1 Å². The van der Waals surface area contributed by atoms with Gasteiger partial charge in [0.25, 0.3) is 35.4 Å². The summed E-state index contributed by atoms with van der Waals surface area (Å²) in [7, 11) is 0. The quantitative estimate of drug-likeness (QED) is 0.00738. The molecule has 8 aliphatic rings. The highest BCUT2D eigenvalue weighted by molar-refractivity contribution is 6.25. The molecule has 2 aliphatic carbocycles. The third-order valence-electron chi connectivity index (χ3n) is 26.3. The number of carboxylic acid groups (broad SMARTS) is 1. The van der Waals surface area contributed by atoms with Crippen molar-refractivity contribution in [3.63, 3.8) is 0 Å². The van der Waals surface area contributed by atoms with Crippen molar-refractivity contribution in [2.24, 2.45) is 5.73 Å². The number of nitrogens with one attached hydrogen (secondary N) is 9. The number of aliphatic carboxylic acids is 1. The topological polar surface area (TPSA) is 467 Å². The molecular weight excluding hydrogens is 1880 g/mol. The number of imide groups is 2. The number of aromatic amines is 2. The number of ketones is 4. The number of H-pyrrole nitrogens is 2. The molecule has 8 heterocycles. The van der Waals surface area contributed by atoms with Gasteiger partial charge in [0.15, 0.2) is 23.2 Å². The number of carbonyl (C=O) groups is 12. The summed E-state index contributed by atoms with van der Waals surface area (Å²) in [5.41, 5.74) is 15.9. The molecule has 18 rings (SSSR count). The second-order valence-electron chi connectivity index (χ2n) is 36.6. The zero-order valence-electron chi connectivity index (χ0n) is 80.0. The first-order valence-electron chi connectivity index (χ1n) is 48.8. The van der Waals surface area contributed by atoms with Crippen molar-refractivity contribution in [2.45, 2.75) is 101 Å². The Morgan fingerprint density at radius 1 is 0.428 bits per heavy atom. The number of ether oxygens (including phenoxy) is 6. The molecule has 41 heteroatoms. The van der Waals surface area contributed by atoms with Crippen molar-refractivity contribution in [2.75, 3.05) is 213 Å². The van der Waals surface area contributed by atoms with E-state index in [0.717, 1.165) is 70.1 Å². The fourth-order valence-corrected chi connectivity index (χ4v) is 18.9. The van der Waals surface area contributed by atoms with Crippen LogP contribution in [0.2, 0.25) is 0 Å². The van der Waals surface area contributed by atoms with Crippen LogP contribution in [0.5, 0.6) is 0 Å². The van der Waals surface area contributed by atoms with E-state index >= 15 is 0 Å². The molecule has 2 unspecified atom stereocenters. The number of carbonyl (C=O) groups excluding carboxylic acids is 11. The van der Waals surface area contributed by atoms with Gasteiger partial charge in [-0.25, -0.2) is 17.6 Å². The van der Waals surface area contributed by atoms with E-state index in [0.29, 0.717) is 249 Å². The lowest BCUT2D eigenvalue weighted by Gasteiger charge is -2.36. The standard InChI is InChI=1S/C52H57F2N9O9.C32H34F2N6O4.C20H25N3O6/c53-34-24-33(25-35(54)27-34)23-32-1-7-44-43(26-32)49(60-59-44)58-50(67)41-6-3-38(29-45(41)57-36-9-17-70-18-10-36)62-15-13-61(14-16-62)31-48(66)56-12-20-72-22-21-71-19-11-55-37-2-5-40-42(28-37)52(69)63(51(40)68)46-8-4-39(64)30-47(46)65;33-22-14-21(15-23(34)17-22)13-20-1-4-28-27(16-20)31(38-37-28)36-32(43)26-3-2-25(18-29(26)35-24-5-11-44-12-6-24)40-9-7-39(8-10-40)19-30(41)42;21-5-7-28-9-10-29-8-6-22-13-1-3-15-16(11-13)20(27)23(19(15)26)17-4-2-14(24)12-18(17)25/h1-3,5-7,24-29,36,46,55,57H,4,8-23,30-31H2,(H,56,66)(H2,58,59,60,67);1-4,14-18,24,35H,5-13,19H2,(H,41,42)(H2,36,37,38,43);1,3,11,17,22H,2,4-10,12,21H2. The highest BCUT2D eigenvalue weighted by Crippen LogP contribution is 2.37. The van der Waals surface area contributed by atoms with Crippen LogP contribution in [-0.4, -0.2) is 311 Å². The van der Waals surface area contributed by atoms with Gasteiger partial charge >= 0.3 is 5.97 Å². The molecule has 0 radical (unpaired) electrons.